The van der Waals surface area contributed by atoms with Crippen LogP contribution in [0.3, 0.4) is 0 Å². The second kappa shape index (κ2) is 9.18. The van der Waals surface area contributed by atoms with Crippen molar-refractivity contribution in [3.8, 4) is 5.88 Å². The topological polar surface area (TPSA) is 66.2 Å². The lowest BCUT2D eigenvalue weighted by Gasteiger charge is -2.36. The van der Waals surface area contributed by atoms with Gasteiger partial charge >= 0.3 is 5.97 Å². The van der Waals surface area contributed by atoms with Crippen LogP contribution in [-0.4, -0.2) is 40.6 Å². The van der Waals surface area contributed by atoms with E-state index >= 15 is 0 Å². The average molecular weight is 544 g/mol. The highest BCUT2D eigenvalue weighted by Crippen LogP contribution is 2.47. The minimum atomic E-state index is -2.66. The van der Waals surface area contributed by atoms with Crippen molar-refractivity contribution >= 4 is 43.8 Å². The van der Waals surface area contributed by atoms with Gasteiger partial charge in [0.25, 0.3) is 0 Å². The number of pyridine rings is 2. The lowest BCUT2D eigenvalue weighted by atomic mass is 9.79. The molecular weight excluding hydrogens is 520 g/mol. The maximum Gasteiger partial charge on any atom is 0.341 e. The van der Waals surface area contributed by atoms with Crippen LogP contribution in [0.15, 0.2) is 53.3 Å². The van der Waals surface area contributed by atoms with Crippen molar-refractivity contribution in [1.29, 1.82) is 0 Å². The van der Waals surface area contributed by atoms with E-state index in [1.165, 1.54) is 20.4 Å². The van der Waals surface area contributed by atoms with Gasteiger partial charge in [0.2, 0.25) is 11.8 Å². The van der Waals surface area contributed by atoms with E-state index in [2.05, 4.69) is 25.9 Å². The number of fused-ring (bicyclic) bond motifs is 3. The summed E-state index contributed by atoms with van der Waals surface area (Å²) in [5, 5.41) is 0.583. The number of alkyl halides is 2. The number of hydrogen-bond donors (Lipinski definition) is 0. The largest absolute Gasteiger partial charge is 0.480 e. The van der Waals surface area contributed by atoms with E-state index in [0.717, 1.165) is 15.6 Å². The number of benzene rings is 1. The maximum absolute atomic E-state index is 14.2. The Morgan fingerprint density at radius 2 is 1.86 bits per heavy atom. The second-order valence-corrected chi connectivity index (χ2v) is 9.75. The van der Waals surface area contributed by atoms with Crippen LogP contribution in [0, 0.1) is 5.92 Å². The normalized spacial score (nSPS) is 16.9. The van der Waals surface area contributed by atoms with E-state index in [1.54, 1.807) is 6.20 Å². The summed E-state index contributed by atoms with van der Waals surface area (Å²) in [5.41, 5.74) is 3.15. The summed E-state index contributed by atoms with van der Waals surface area (Å²) in [4.78, 5) is 21.9. The molecule has 35 heavy (non-hydrogen) atoms. The molecule has 0 amide bonds. The minimum absolute atomic E-state index is 0.0838. The van der Waals surface area contributed by atoms with Crippen molar-refractivity contribution in [1.82, 2.24) is 14.5 Å². The highest BCUT2D eigenvalue weighted by molar-refractivity contribution is 9.10. The molecule has 0 spiro atoms. The van der Waals surface area contributed by atoms with Gasteiger partial charge in [-0.1, -0.05) is 30.3 Å². The third kappa shape index (κ3) is 4.16. The van der Waals surface area contributed by atoms with Crippen molar-refractivity contribution in [3.05, 3.63) is 64.4 Å². The number of halogens is 3. The van der Waals surface area contributed by atoms with Gasteiger partial charge < -0.3 is 14.0 Å². The molecule has 9 heteroatoms. The average Bonchev–Trinajstić information content (AvgIpc) is 3.19. The number of hydrogen-bond acceptors (Lipinski definition) is 5. The third-order valence-corrected chi connectivity index (χ3v) is 7.25. The van der Waals surface area contributed by atoms with E-state index < -0.39 is 11.9 Å². The van der Waals surface area contributed by atoms with Gasteiger partial charge in [0, 0.05) is 29.7 Å². The molecule has 1 atom stereocenters. The summed E-state index contributed by atoms with van der Waals surface area (Å²) in [6.07, 6.45) is 3.48. The van der Waals surface area contributed by atoms with Crippen molar-refractivity contribution in [2.45, 2.75) is 37.6 Å². The van der Waals surface area contributed by atoms with Crippen LogP contribution in [-0.2, 0) is 4.74 Å². The van der Waals surface area contributed by atoms with Crippen LogP contribution >= 0.6 is 15.9 Å². The Morgan fingerprint density at radius 3 is 2.51 bits per heavy atom. The van der Waals surface area contributed by atoms with Gasteiger partial charge in [-0.2, -0.15) is 0 Å². The van der Waals surface area contributed by atoms with E-state index in [0.29, 0.717) is 35.1 Å². The fraction of sp³-hybridized carbons (Fsp3) is 0.346. The Bertz CT molecular complexity index is 1400. The van der Waals surface area contributed by atoms with Crippen LogP contribution in [0.1, 0.15) is 47.6 Å². The number of methoxy groups -OCH3 is 2. The Kier molecular flexibility index (Phi) is 6.21. The zero-order valence-electron chi connectivity index (χ0n) is 19.3. The Balaban J connectivity index is 1.88. The first kappa shape index (κ1) is 23.7. The predicted octanol–water partition coefficient (Wildman–Crippen LogP) is 6.56. The molecule has 0 bridgehead atoms. The van der Waals surface area contributed by atoms with Gasteiger partial charge in [-0.15, -0.1) is 0 Å². The third-order valence-electron chi connectivity index (χ3n) is 6.81. The molecule has 3 aromatic heterocycles. The molecule has 1 aliphatic carbocycles. The lowest BCUT2D eigenvalue weighted by Crippen LogP contribution is -2.30. The molecule has 1 aliphatic rings. The summed E-state index contributed by atoms with van der Waals surface area (Å²) in [7, 11) is 2.83. The van der Waals surface area contributed by atoms with Crippen molar-refractivity contribution in [2.24, 2.45) is 5.92 Å². The summed E-state index contributed by atoms with van der Waals surface area (Å²) >= 11 is 3.52. The molecule has 0 radical (unpaired) electrons. The van der Waals surface area contributed by atoms with Gasteiger partial charge in [-0.25, -0.2) is 18.6 Å². The van der Waals surface area contributed by atoms with E-state index in [4.69, 9.17) is 9.47 Å². The molecule has 182 valence electrons. The first-order valence-electron chi connectivity index (χ1n) is 11.4. The van der Waals surface area contributed by atoms with Gasteiger partial charge in [-0.3, -0.25) is 4.98 Å². The summed E-state index contributed by atoms with van der Waals surface area (Å²) in [6, 6.07) is 11.4. The van der Waals surface area contributed by atoms with Crippen LogP contribution in [0.2, 0.25) is 0 Å². The van der Waals surface area contributed by atoms with E-state index in [-0.39, 0.29) is 30.4 Å². The number of carbonyl (C=O) groups is 1. The van der Waals surface area contributed by atoms with Crippen molar-refractivity contribution < 1.29 is 23.0 Å². The molecule has 0 N–H and O–H groups in total. The van der Waals surface area contributed by atoms with Crippen molar-refractivity contribution in [3.63, 3.8) is 0 Å². The number of esters is 1. The zero-order chi connectivity index (χ0) is 24.7. The Hall–Kier alpha value is -3.07. The number of aromatic nitrogens is 3. The van der Waals surface area contributed by atoms with E-state index in [9.17, 15) is 13.6 Å². The first-order chi connectivity index (χ1) is 16.8. The predicted molar refractivity (Wildman–Crippen MR) is 132 cm³/mol. The Morgan fingerprint density at radius 1 is 1.14 bits per heavy atom. The van der Waals surface area contributed by atoms with Crippen LogP contribution in [0.25, 0.3) is 21.9 Å². The molecule has 1 unspecified atom stereocenters. The number of carbonyl (C=O) groups excluding carboxylic acids is 1. The van der Waals surface area contributed by atoms with Gasteiger partial charge in [0.1, 0.15) is 11.1 Å². The maximum atomic E-state index is 14.2. The van der Waals surface area contributed by atoms with Gasteiger partial charge in [0.15, 0.2) is 0 Å². The van der Waals surface area contributed by atoms with Crippen molar-refractivity contribution in [2.75, 3.05) is 14.2 Å². The minimum Gasteiger partial charge on any atom is -0.480 e. The second-order valence-electron chi connectivity index (χ2n) is 8.84. The molecular formula is C26H24BrF2N3O3. The summed E-state index contributed by atoms with van der Waals surface area (Å²) in [6.45, 7) is 0. The Labute approximate surface area is 209 Å². The molecule has 1 fully saturated rings. The smallest absolute Gasteiger partial charge is 0.341 e. The molecule has 5 rings (SSSR count). The summed E-state index contributed by atoms with van der Waals surface area (Å²) in [5.74, 6) is -2.96. The zero-order valence-corrected chi connectivity index (χ0v) is 20.9. The van der Waals surface area contributed by atoms with Crippen LogP contribution in [0.5, 0.6) is 5.88 Å². The first-order valence-corrected chi connectivity index (χ1v) is 12.2. The highest BCUT2D eigenvalue weighted by atomic mass is 79.9. The van der Waals surface area contributed by atoms with Crippen LogP contribution in [0.4, 0.5) is 8.78 Å². The molecule has 1 saturated carbocycles. The molecule has 6 nitrogen and oxygen atoms in total. The number of rotatable bonds is 5. The standard InChI is InChI=1S/C26H24BrF2N3O3/c1-34-24-20-21-19(12-17(27)13-30-21)32(23(20)18(14-31-24)25(33)35-2)22(15-6-4-3-5-7-15)16-8-10-26(28,29)11-9-16/h3-7,12-14,16,22H,8-11H2,1-2H3. The molecule has 1 aromatic carbocycles. The molecule has 4 aromatic rings. The van der Waals surface area contributed by atoms with E-state index in [1.807, 2.05) is 41.0 Å². The van der Waals surface area contributed by atoms with Crippen LogP contribution < -0.4 is 4.74 Å². The fourth-order valence-electron chi connectivity index (χ4n) is 5.24. The molecule has 3 heterocycles. The van der Waals surface area contributed by atoms with Gasteiger partial charge in [0.05, 0.1) is 36.7 Å². The molecule has 0 aliphatic heterocycles. The quantitative estimate of drug-likeness (QED) is 0.267. The molecule has 0 saturated heterocycles. The number of ether oxygens (including phenoxy) is 2. The summed E-state index contributed by atoms with van der Waals surface area (Å²) < 4.78 is 41.8. The fourth-order valence-corrected chi connectivity index (χ4v) is 5.56. The lowest BCUT2D eigenvalue weighted by molar-refractivity contribution is -0.0493. The van der Waals surface area contributed by atoms with Gasteiger partial charge in [-0.05, 0) is 46.3 Å². The monoisotopic (exact) mass is 543 g/mol. The SMILES string of the molecule is COC(=O)c1cnc(OC)c2c3ncc(Br)cc3n(C(c3ccccc3)C3CCC(F)(F)CC3)c12. The highest BCUT2D eigenvalue weighted by Gasteiger charge is 2.40. The number of nitrogens with zero attached hydrogens (tertiary/aromatic N) is 3.